The minimum absolute atomic E-state index is 0.137. The molecule has 0 atom stereocenters. The quantitative estimate of drug-likeness (QED) is 0.894. The Morgan fingerprint density at radius 1 is 1.20 bits per heavy atom. The average Bonchev–Trinajstić information content (AvgIpc) is 2.42. The van der Waals surface area contributed by atoms with Crippen molar-refractivity contribution in [2.45, 2.75) is 20.8 Å². The van der Waals surface area contributed by atoms with E-state index in [4.69, 9.17) is 0 Å². The van der Waals surface area contributed by atoms with Crippen molar-refractivity contribution >= 4 is 17.4 Å². The Labute approximate surface area is 119 Å². The molecule has 4 nitrogen and oxygen atoms in total. The van der Waals surface area contributed by atoms with E-state index in [0.717, 1.165) is 23.4 Å². The number of aryl methyl sites for hydroxylation is 2. The number of anilines is 2. The molecule has 0 unspecified atom stereocenters. The molecule has 1 aromatic carbocycles. The van der Waals surface area contributed by atoms with Gasteiger partial charge in [-0.1, -0.05) is 6.07 Å². The van der Waals surface area contributed by atoms with Crippen LogP contribution < -0.4 is 10.6 Å². The molecule has 1 amide bonds. The summed E-state index contributed by atoms with van der Waals surface area (Å²) in [7, 11) is 0. The summed E-state index contributed by atoms with van der Waals surface area (Å²) in [5, 5.41) is 6.03. The highest BCUT2D eigenvalue weighted by Crippen LogP contribution is 2.16. The Morgan fingerprint density at radius 3 is 2.60 bits per heavy atom. The molecule has 0 saturated carbocycles. The highest BCUT2D eigenvalue weighted by Gasteiger charge is 2.10. The van der Waals surface area contributed by atoms with E-state index < -0.39 is 0 Å². The molecule has 0 aliphatic rings. The molecule has 0 fully saturated rings. The van der Waals surface area contributed by atoms with Gasteiger partial charge in [-0.2, -0.15) is 0 Å². The van der Waals surface area contributed by atoms with E-state index in [0.29, 0.717) is 11.4 Å². The van der Waals surface area contributed by atoms with Crippen molar-refractivity contribution in [1.82, 2.24) is 4.98 Å². The van der Waals surface area contributed by atoms with Crippen LogP contribution in [0.3, 0.4) is 0 Å². The van der Waals surface area contributed by atoms with Crippen LogP contribution in [0.4, 0.5) is 11.5 Å². The minimum atomic E-state index is -0.137. The molecule has 0 radical (unpaired) electrons. The summed E-state index contributed by atoms with van der Waals surface area (Å²) in [6.45, 7) is 6.79. The van der Waals surface area contributed by atoms with Gasteiger partial charge in [-0.25, -0.2) is 4.98 Å². The largest absolute Gasteiger partial charge is 0.385 e. The lowest BCUT2D eigenvalue weighted by Crippen LogP contribution is -2.14. The summed E-state index contributed by atoms with van der Waals surface area (Å²) in [5.41, 5.74) is 3.69. The second-order valence-electron chi connectivity index (χ2n) is 4.73. The van der Waals surface area contributed by atoms with Gasteiger partial charge in [0.25, 0.3) is 5.91 Å². The summed E-state index contributed by atoms with van der Waals surface area (Å²) in [6.07, 6.45) is 1.73. The maximum Gasteiger partial charge on any atom is 0.257 e. The van der Waals surface area contributed by atoms with E-state index in [2.05, 4.69) is 15.6 Å². The molecule has 2 rings (SSSR count). The lowest BCUT2D eigenvalue weighted by molar-refractivity contribution is 0.102. The molecule has 0 spiro atoms. The van der Waals surface area contributed by atoms with Crippen LogP contribution in [0, 0.1) is 13.8 Å². The van der Waals surface area contributed by atoms with E-state index >= 15 is 0 Å². The Morgan fingerprint density at radius 2 is 2.00 bits per heavy atom. The molecular weight excluding hydrogens is 250 g/mol. The maximum absolute atomic E-state index is 12.2. The van der Waals surface area contributed by atoms with Gasteiger partial charge in [-0.3, -0.25) is 4.79 Å². The molecule has 2 N–H and O–H groups in total. The third kappa shape index (κ3) is 3.35. The number of aromatic nitrogens is 1. The van der Waals surface area contributed by atoms with Crippen molar-refractivity contribution in [3.05, 3.63) is 53.2 Å². The van der Waals surface area contributed by atoms with Gasteiger partial charge in [0.05, 0.1) is 0 Å². The number of nitrogens with one attached hydrogen (secondary N) is 2. The molecular formula is C16H19N3O. The average molecular weight is 269 g/mol. The minimum Gasteiger partial charge on any atom is -0.385 e. The first-order valence-electron chi connectivity index (χ1n) is 6.68. The van der Waals surface area contributed by atoms with Gasteiger partial charge in [0, 0.05) is 24.0 Å². The zero-order chi connectivity index (χ0) is 14.5. The van der Waals surface area contributed by atoms with Crippen LogP contribution in [0.15, 0.2) is 36.5 Å². The topological polar surface area (TPSA) is 54.0 Å². The second kappa shape index (κ2) is 6.19. The Balaban J connectivity index is 2.14. The Bertz CT molecular complexity index is 606. The predicted molar refractivity (Wildman–Crippen MR) is 82.3 cm³/mol. The SMILES string of the molecule is CCNc1ccc(C(=O)Nc2ccc(C)cn2)c(C)c1. The third-order valence-corrected chi connectivity index (χ3v) is 3.00. The smallest absolute Gasteiger partial charge is 0.257 e. The molecule has 1 aromatic heterocycles. The fraction of sp³-hybridized carbons (Fsp3) is 0.250. The van der Waals surface area contributed by atoms with Crippen LogP contribution in [-0.2, 0) is 0 Å². The van der Waals surface area contributed by atoms with Gasteiger partial charge in [0.15, 0.2) is 0 Å². The van der Waals surface area contributed by atoms with Gasteiger partial charge >= 0.3 is 0 Å². The van der Waals surface area contributed by atoms with Gasteiger partial charge in [-0.05, 0) is 56.2 Å². The number of benzene rings is 1. The summed E-state index contributed by atoms with van der Waals surface area (Å²) < 4.78 is 0. The van der Waals surface area contributed by atoms with Crippen LogP contribution in [0.1, 0.15) is 28.4 Å². The molecule has 0 aliphatic heterocycles. The Kier molecular flexibility index (Phi) is 4.35. The maximum atomic E-state index is 12.2. The van der Waals surface area contributed by atoms with Crippen LogP contribution in [0.5, 0.6) is 0 Å². The normalized spacial score (nSPS) is 10.2. The molecule has 1 heterocycles. The van der Waals surface area contributed by atoms with Crippen molar-refractivity contribution in [3.63, 3.8) is 0 Å². The van der Waals surface area contributed by atoms with Crippen LogP contribution in [0.25, 0.3) is 0 Å². The monoisotopic (exact) mass is 269 g/mol. The number of pyridine rings is 1. The number of rotatable bonds is 4. The summed E-state index contributed by atoms with van der Waals surface area (Å²) in [5.74, 6) is 0.428. The number of hydrogen-bond acceptors (Lipinski definition) is 3. The highest BCUT2D eigenvalue weighted by molar-refractivity contribution is 6.05. The van der Waals surface area contributed by atoms with Gasteiger partial charge in [-0.15, -0.1) is 0 Å². The van der Waals surface area contributed by atoms with Crippen molar-refractivity contribution in [2.24, 2.45) is 0 Å². The zero-order valence-corrected chi connectivity index (χ0v) is 12.0. The van der Waals surface area contributed by atoms with E-state index in [9.17, 15) is 4.79 Å². The van der Waals surface area contributed by atoms with E-state index in [1.54, 1.807) is 12.3 Å². The molecule has 104 valence electrons. The molecule has 0 bridgehead atoms. The summed E-state index contributed by atoms with van der Waals surface area (Å²) in [6, 6.07) is 9.44. The molecule has 0 aliphatic carbocycles. The highest BCUT2D eigenvalue weighted by atomic mass is 16.1. The van der Waals surface area contributed by atoms with Crippen molar-refractivity contribution in [2.75, 3.05) is 17.2 Å². The van der Waals surface area contributed by atoms with Gasteiger partial charge in [0.1, 0.15) is 5.82 Å². The summed E-state index contributed by atoms with van der Waals surface area (Å²) in [4.78, 5) is 16.4. The lowest BCUT2D eigenvalue weighted by Gasteiger charge is -2.10. The van der Waals surface area contributed by atoms with E-state index in [1.807, 2.05) is 45.0 Å². The zero-order valence-electron chi connectivity index (χ0n) is 12.0. The summed E-state index contributed by atoms with van der Waals surface area (Å²) >= 11 is 0. The number of hydrogen-bond donors (Lipinski definition) is 2. The van der Waals surface area contributed by atoms with Crippen molar-refractivity contribution in [1.29, 1.82) is 0 Å². The van der Waals surface area contributed by atoms with Gasteiger partial charge < -0.3 is 10.6 Å². The van der Waals surface area contributed by atoms with Crippen molar-refractivity contribution in [3.8, 4) is 0 Å². The molecule has 4 heteroatoms. The van der Waals surface area contributed by atoms with E-state index in [1.165, 1.54) is 0 Å². The first-order chi connectivity index (χ1) is 9.60. The Hall–Kier alpha value is -2.36. The first-order valence-corrected chi connectivity index (χ1v) is 6.68. The fourth-order valence-electron chi connectivity index (χ4n) is 1.96. The molecule has 20 heavy (non-hydrogen) atoms. The van der Waals surface area contributed by atoms with Crippen molar-refractivity contribution < 1.29 is 4.79 Å². The molecule has 2 aromatic rings. The number of nitrogens with zero attached hydrogens (tertiary/aromatic N) is 1. The van der Waals surface area contributed by atoms with Crippen LogP contribution in [-0.4, -0.2) is 17.4 Å². The number of carbonyl (C=O) groups excluding carboxylic acids is 1. The fourth-order valence-corrected chi connectivity index (χ4v) is 1.96. The standard InChI is InChI=1S/C16H19N3O/c1-4-17-13-6-7-14(12(3)9-13)16(20)19-15-8-5-11(2)10-18-15/h5-10,17H,4H2,1-3H3,(H,18,19,20). The first kappa shape index (κ1) is 14.1. The number of amides is 1. The molecule has 0 saturated heterocycles. The second-order valence-corrected chi connectivity index (χ2v) is 4.73. The van der Waals surface area contributed by atoms with E-state index in [-0.39, 0.29) is 5.91 Å². The predicted octanol–water partition coefficient (Wildman–Crippen LogP) is 3.38. The van der Waals surface area contributed by atoms with Crippen LogP contribution >= 0.6 is 0 Å². The third-order valence-electron chi connectivity index (χ3n) is 3.00. The van der Waals surface area contributed by atoms with Crippen LogP contribution in [0.2, 0.25) is 0 Å². The number of carbonyl (C=O) groups is 1. The van der Waals surface area contributed by atoms with Gasteiger partial charge in [0.2, 0.25) is 0 Å². The lowest BCUT2D eigenvalue weighted by atomic mass is 10.1.